The van der Waals surface area contributed by atoms with Gasteiger partial charge in [-0.2, -0.15) is 0 Å². The topological polar surface area (TPSA) is 62.5 Å². The van der Waals surface area contributed by atoms with E-state index < -0.39 is 5.97 Å². The Balaban J connectivity index is 2.50. The van der Waals surface area contributed by atoms with Crippen molar-refractivity contribution in [3.63, 3.8) is 0 Å². The summed E-state index contributed by atoms with van der Waals surface area (Å²) in [5.41, 5.74) is 1.98. The Hall–Kier alpha value is -2.23. The van der Waals surface area contributed by atoms with Gasteiger partial charge in [-0.15, -0.1) is 0 Å². The monoisotopic (exact) mass is 245 g/mol. The quantitative estimate of drug-likeness (QED) is 0.645. The van der Waals surface area contributed by atoms with Crippen LogP contribution in [0.5, 0.6) is 0 Å². The van der Waals surface area contributed by atoms with Crippen molar-refractivity contribution in [1.29, 1.82) is 0 Å². The number of hydrogen-bond donors (Lipinski definition) is 2. The van der Waals surface area contributed by atoms with Crippen molar-refractivity contribution in [2.45, 2.75) is 13.3 Å². The summed E-state index contributed by atoms with van der Waals surface area (Å²) < 4.78 is 1.96. The molecule has 0 radical (unpaired) electrons. The van der Waals surface area contributed by atoms with Crippen LogP contribution in [-0.4, -0.2) is 20.7 Å². The zero-order valence-electron chi connectivity index (χ0n) is 10.3. The van der Waals surface area contributed by atoms with Crippen LogP contribution in [0.2, 0.25) is 0 Å². The van der Waals surface area contributed by atoms with Gasteiger partial charge in [-0.25, -0.2) is 4.79 Å². The molecule has 94 valence electrons. The van der Waals surface area contributed by atoms with E-state index in [4.69, 9.17) is 5.11 Å². The van der Waals surface area contributed by atoms with E-state index >= 15 is 0 Å². The Morgan fingerprint density at radius 3 is 2.56 bits per heavy atom. The van der Waals surface area contributed by atoms with Crippen LogP contribution in [-0.2, 0) is 18.3 Å². The van der Waals surface area contributed by atoms with E-state index in [-0.39, 0.29) is 17.8 Å². The van der Waals surface area contributed by atoms with Gasteiger partial charge in [-0.1, -0.05) is 18.2 Å². The summed E-state index contributed by atoms with van der Waals surface area (Å²) in [4.78, 5) is 11.1. The number of hydrogen-bond acceptors (Lipinski definition) is 2. The molecule has 0 aliphatic heterocycles. The molecule has 2 rings (SSSR count). The molecule has 0 atom stereocenters. The fraction of sp³-hybridized carbons (Fsp3) is 0.214. The highest BCUT2D eigenvalue weighted by Crippen LogP contribution is 2.23. The minimum absolute atomic E-state index is 0.0337. The summed E-state index contributed by atoms with van der Waals surface area (Å²) in [6.45, 7) is 1.40. The van der Waals surface area contributed by atoms with Crippen LogP contribution in [0, 0.1) is 0 Å². The molecule has 4 heteroatoms. The molecular formula is C14H15NO3. The average molecular weight is 245 g/mol. The molecule has 4 nitrogen and oxygen atoms in total. The lowest BCUT2D eigenvalue weighted by Gasteiger charge is -2.02. The number of allylic oxidation sites excluding steroid dienone is 1. The molecule has 0 bridgehead atoms. The minimum atomic E-state index is -1.08. The highest BCUT2D eigenvalue weighted by molar-refractivity contribution is 5.90. The second-order valence-corrected chi connectivity index (χ2v) is 4.33. The van der Waals surface area contributed by atoms with Crippen LogP contribution < -0.4 is 0 Å². The maximum atomic E-state index is 11.1. The zero-order chi connectivity index (χ0) is 13.3. The Kier molecular flexibility index (Phi) is 3.10. The molecule has 0 unspecified atom stereocenters. The molecule has 18 heavy (non-hydrogen) atoms. The standard InChI is InChI=1S/C14H15NO3/c1-9(16)12(14(17)18)7-10-8-15(2)13-6-4-3-5-11(10)13/h3-6,8,16H,7H2,1-2H3,(H,17,18)/b12-9-. The number of carboxylic acid groups (broad SMARTS) is 1. The third-order valence-electron chi connectivity index (χ3n) is 3.04. The summed E-state index contributed by atoms with van der Waals surface area (Å²) in [6.07, 6.45) is 2.12. The van der Waals surface area contributed by atoms with E-state index in [9.17, 15) is 9.90 Å². The van der Waals surface area contributed by atoms with Crippen LogP contribution in [0.3, 0.4) is 0 Å². The summed E-state index contributed by atoms with van der Waals surface area (Å²) in [5.74, 6) is -1.22. The number of fused-ring (bicyclic) bond motifs is 1. The summed E-state index contributed by atoms with van der Waals surface area (Å²) in [7, 11) is 1.92. The first-order chi connectivity index (χ1) is 8.50. The van der Waals surface area contributed by atoms with Gasteiger partial charge in [-0.05, 0) is 18.6 Å². The molecule has 2 N–H and O–H groups in total. The largest absolute Gasteiger partial charge is 0.512 e. The maximum Gasteiger partial charge on any atom is 0.335 e. The highest BCUT2D eigenvalue weighted by Gasteiger charge is 2.15. The van der Waals surface area contributed by atoms with E-state index in [1.54, 1.807) is 0 Å². The van der Waals surface area contributed by atoms with E-state index in [0.29, 0.717) is 0 Å². The van der Waals surface area contributed by atoms with Gasteiger partial charge in [0.15, 0.2) is 0 Å². The molecule has 1 heterocycles. The molecule has 0 aliphatic carbocycles. The predicted octanol–water partition coefficient (Wildman–Crippen LogP) is 2.64. The second kappa shape index (κ2) is 4.56. The molecule has 0 amide bonds. The van der Waals surface area contributed by atoms with Crippen molar-refractivity contribution in [1.82, 2.24) is 4.57 Å². The number of aromatic nitrogens is 1. The molecule has 1 aromatic heterocycles. The van der Waals surface area contributed by atoms with Crippen LogP contribution in [0.4, 0.5) is 0 Å². The maximum absolute atomic E-state index is 11.1. The first-order valence-electron chi connectivity index (χ1n) is 5.65. The van der Waals surface area contributed by atoms with Crippen LogP contribution in [0.25, 0.3) is 10.9 Å². The van der Waals surface area contributed by atoms with Gasteiger partial charge in [0, 0.05) is 30.6 Å². The van der Waals surface area contributed by atoms with Crippen molar-refractivity contribution < 1.29 is 15.0 Å². The number of carbonyl (C=O) groups is 1. The number of para-hydroxylation sites is 1. The van der Waals surface area contributed by atoms with Gasteiger partial charge in [0.2, 0.25) is 0 Å². The fourth-order valence-corrected chi connectivity index (χ4v) is 2.12. The van der Waals surface area contributed by atoms with Crippen LogP contribution in [0.1, 0.15) is 12.5 Å². The van der Waals surface area contributed by atoms with E-state index in [1.807, 2.05) is 42.1 Å². The van der Waals surface area contributed by atoms with Crippen molar-refractivity contribution in [3.8, 4) is 0 Å². The first kappa shape index (κ1) is 12.2. The molecule has 0 fully saturated rings. The Bertz CT molecular complexity index is 634. The number of aryl methyl sites for hydroxylation is 1. The molecule has 0 aliphatic rings. The van der Waals surface area contributed by atoms with Crippen molar-refractivity contribution in [2.75, 3.05) is 0 Å². The molecule has 0 saturated carbocycles. The van der Waals surface area contributed by atoms with Gasteiger partial charge < -0.3 is 14.8 Å². The SMILES string of the molecule is C/C(O)=C(\Cc1cn(C)c2ccccc12)C(=O)O. The van der Waals surface area contributed by atoms with Gasteiger partial charge >= 0.3 is 5.97 Å². The number of rotatable bonds is 3. The number of aliphatic hydroxyl groups excluding tert-OH is 1. The van der Waals surface area contributed by atoms with Crippen molar-refractivity contribution in [3.05, 3.63) is 47.4 Å². The number of aliphatic hydroxyl groups is 1. The molecule has 2 aromatic rings. The molecular weight excluding hydrogens is 230 g/mol. The molecule has 1 aromatic carbocycles. The predicted molar refractivity (Wildman–Crippen MR) is 69.6 cm³/mol. The zero-order valence-corrected chi connectivity index (χ0v) is 10.3. The summed E-state index contributed by atoms with van der Waals surface area (Å²) in [5, 5.41) is 19.5. The van der Waals surface area contributed by atoms with E-state index in [0.717, 1.165) is 16.5 Å². The number of carboxylic acids is 1. The summed E-state index contributed by atoms with van der Waals surface area (Å²) >= 11 is 0. The van der Waals surface area contributed by atoms with Crippen LogP contribution >= 0.6 is 0 Å². The number of benzene rings is 1. The van der Waals surface area contributed by atoms with Gasteiger partial charge in [0.05, 0.1) is 11.3 Å². The molecule has 0 saturated heterocycles. The average Bonchev–Trinajstić information content (AvgIpc) is 2.63. The fourth-order valence-electron chi connectivity index (χ4n) is 2.12. The lowest BCUT2D eigenvalue weighted by molar-refractivity contribution is -0.132. The van der Waals surface area contributed by atoms with Gasteiger partial charge in [-0.3, -0.25) is 0 Å². The third kappa shape index (κ3) is 2.09. The van der Waals surface area contributed by atoms with E-state index in [2.05, 4.69) is 0 Å². The van der Waals surface area contributed by atoms with Gasteiger partial charge in [0.25, 0.3) is 0 Å². The summed E-state index contributed by atoms with van der Waals surface area (Å²) in [6, 6.07) is 7.80. The lowest BCUT2D eigenvalue weighted by Crippen LogP contribution is -2.06. The second-order valence-electron chi connectivity index (χ2n) is 4.33. The van der Waals surface area contributed by atoms with Crippen molar-refractivity contribution in [2.24, 2.45) is 7.05 Å². The highest BCUT2D eigenvalue weighted by atomic mass is 16.4. The number of aliphatic carboxylic acids is 1. The van der Waals surface area contributed by atoms with Crippen LogP contribution in [0.15, 0.2) is 41.8 Å². The Morgan fingerprint density at radius 2 is 1.94 bits per heavy atom. The third-order valence-corrected chi connectivity index (χ3v) is 3.04. The normalized spacial score (nSPS) is 12.6. The Labute approximate surface area is 105 Å². The smallest absolute Gasteiger partial charge is 0.335 e. The minimum Gasteiger partial charge on any atom is -0.512 e. The van der Waals surface area contributed by atoms with Gasteiger partial charge in [0.1, 0.15) is 0 Å². The number of nitrogens with zero attached hydrogens (tertiary/aromatic N) is 1. The first-order valence-corrected chi connectivity index (χ1v) is 5.65. The molecule has 0 spiro atoms. The van der Waals surface area contributed by atoms with E-state index in [1.165, 1.54) is 6.92 Å². The lowest BCUT2D eigenvalue weighted by atomic mass is 10.0. The Morgan fingerprint density at radius 1 is 1.28 bits per heavy atom. The van der Waals surface area contributed by atoms with Crippen molar-refractivity contribution >= 4 is 16.9 Å².